The molecule has 1 aliphatic rings. The second kappa shape index (κ2) is 11.3. The highest BCUT2D eigenvalue weighted by Crippen LogP contribution is 2.26. The van der Waals surface area contributed by atoms with Crippen LogP contribution in [-0.4, -0.2) is 64.7 Å². The number of sulfonamides is 1. The van der Waals surface area contributed by atoms with Crippen molar-refractivity contribution in [3.8, 4) is 11.5 Å². The van der Waals surface area contributed by atoms with Gasteiger partial charge in [0, 0.05) is 19.5 Å². The van der Waals surface area contributed by atoms with Crippen LogP contribution in [0.3, 0.4) is 0 Å². The van der Waals surface area contributed by atoms with E-state index in [2.05, 4.69) is 5.32 Å². The summed E-state index contributed by atoms with van der Waals surface area (Å²) in [6.07, 6.45) is 0.556. The molecular weight excluding hydrogens is 432 g/mol. The number of benzene rings is 2. The van der Waals surface area contributed by atoms with Crippen molar-refractivity contribution in [2.45, 2.75) is 30.7 Å². The molecule has 1 heterocycles. The highest BCUT2D eigenvalue weighted by Gasteiger charge is 2.27. The van der Waals surface area contributed by atoms with Gasteiger partial charge in [0.2, 0.25) is 15.9 Å². The van der Waals surface area contributed by atoms with Gasteiger partial charge in [0.25, 0.3) is 0 Å². The topological polar surface area (TPSA) is 94.2 Å². The normalized spacial score (nSPS) is 15.7. The van der Waals surface area contributed by atoms with Crippen LogP contribution in [0.2, 0.25) is 0 Å². The highest BCUT2D eigenvalue weighted by molar-refractivity contribution is 7.89. The predicted molar refractivity (Wildman–Crippen MR) is 120 cm³/mol. The number of hydrogen-bond acceptors (Lipinski definition) is 6. The molecule has 1 saturated heterocycles. The average Bonchev–Trinajstić information content (AvgIpc) is 2.82. The van der Waals surface area contributed by atoms with Gasteiger partial charge in [-0.15, -0.1) is 0 Å². The van der Waals surface area contributed by atoms with Gasteiger partial charge in [-0.05, 0) is 49.2 Å². The molecule has 1 amide bonds. The van der Waals surface area contributed by atoms with Crippen molar-refractivity contribution in [2.75, 3.05) is 40.0 Å². The molecule has 1 fully saturated rings. The maximum absolute atomic E-state index is 12.9. The van der Waals surface area contributed by atoms with Gasteiger partial charge in [-0.3, -0.25) is 4.79 Å². The summed E-state index contributed by atoms with van der Waals surface area (Å²) in [5, 5.41) is 2.91. The molecule has 1 aliphatic heterocycles. The minimum Gasteiger partial charge on any atom is -0.496 e. The van der Waals surface area contributed by atoms with Gasteiger partial charge in [0.05, 0.1) is 31.3 Å². The monoisotopic (exact) mass is 462 g/mol. The lowest BCUT2D eigenvalue weighted by molar-refractivity contribution is -0.121. The Balaban J connectivity index is 1.58. The molecule has 0 radical (unpaired) electrons. The number of amides is 1. The summed E-state index contributed by atoms with van der Waals surface area (Å²) in [6.45, 7) is 3.65. The molecule has 32 heavy (non-hydrogen) atoms. The fourth-order valence-corrected chi connectivity index (χ4v) is 4.88. The van der Waals surface area contributed by atoms with Crippen molar-refractivity contribution in [3.63, 3.8) is 0 Å². The lowest BCUT2D eigenvalue weighted by Crippen LogP contribution is -2.40. The zero-order valence-corrected chi connectivity index (χ0v) is 19.3. The summed E-state index contributed by atoms with van der Waals surface area (Å²) in [5.74, 6) is 1.16. The minimum absolute atomic E-state index is 0.141. The SMILES string of the molecule is COc1ccc(S(=O)(=O)N2CCOCC2)cc1CCC(=O)NC(C)COc1ccccc1. The van der Waals surface area contributed by atoms with E-state index >= 15 is 0 Å². The molecule has 1 atom stereocenters. The van der Waals surface area contributed by atoms with E-state index in [-0.39, 0.29) is 23.3 Å². The first-order valence-electron chi connectivity index (χ1n) is 10.6. The van der Waals surface area contributed by atoms with Crippen LogP contribution in [0.25, 0.3) is 0 Å². The molecule has 9 heteroatoms. The van der Waals surface area contributed by atoms with Gasteiger partial charge in [0.1, 0.15) is 18.1 Å². The van der Waals surface area contributed by atoms with E-state index in [9.17, 15) is 13.2 Å². The number of para-hydroxylation sites is 1. The lowest BCUT2D eigenvalue weighted by Gasteiger charge is -2.26. The number of nitrogens with one attached hydrogen (secondary N) is 1. The Morgan fingerprint density at radius 3 is 2.56 bits per heavy atom. The largest absolute Gasteiger partial charge is 0.496 e. The Hall–Kier alpha value is -2.62. The maximum Gasteiger partial charge on any atom is 0.243 e. The first-order chi connectivity index (χ1) is 15.4. The second-order valence-corrected chi connectivity index (χ2v) is 9.52. The van der Waals surface area contributed by atoms with Crippen LogP contribution in [-0.2, 0) is 26.0 Å². The van der Waals surface area contributed by atoms with Crippen molar-refractivity contribution in [1.82, 2.24) is 9.62 Å². The van der Waals surface area contributed by atoms with E-state index in [1.807, 2.05) is 37.3 Å². The van der Waals surface area contributed by atoms with Crippen molar-refractivity contribution in [3.05, 3.63) is 54.1 Å². The number of ether oxygens (including phenoxy) is 3. The molecule has 0 spiro atoms. The molecule has 0 bridgehead atoms. The molecule has 0 aromatic heterocycles. The summed E-state index contributed by atoms with van der Waals surface area (Å²) in [4.78, 5) is 12.6. The molecule has 1 unspecified atom stereocenters. The maximum atomic E-state index is 12.9. The van der Waals surface area contributed by atoms with E-state index in [1.54, 1.807) is 12.1 Å². The van der Waals surface area contributed by atoms with Gasteiger partial charge in [0.15, 0.2) is 0 Å². The zero-order chi connectivity index (χ0) is 23.0. The standard InChI is InChI=1S/C23H30N2O6S/c1-18(17-31-20-6-4-3-5-7-20)24-23(26)11-8-19-16-21(9-10-22(19)29-2)32(27,28)25-12-14-30-15-13-25/h3-7,9-10,16,18H,8,11-15,17H2,1-2H3,(H,24,26). The Morgan fingerprint density at radius 2 is 1.88 bits per heavy atom. The Bertz CT molecular complexity index is 991. The number of methoxy groups -OCH3 is 1. The third-order valence-corrected chi connectivity index (χ3v) is 7.03. The Labute approximate surface area is 189 Å². The van der Waals surface area contributed by atoms with Crippen LogP contribution in [0.4, 0.5) is 0 Å². The van der Waals surface area contributed by atoms with Gasteiger partial charge >= 0.3 is 0 Å². The molecule has 8 nitrogen and oxygen atoms in total. The van der Waals surface area contributed by atoms with Gasteiger partial charge in [-0.1, -0.05) is 18.2 Å². The van der Waals surface area contributed by atoms with E-state index in [0.29, 0.717) is 50.6 Å². The number of nitrogens with zero attached hydrogens (tertiary/aromatic N) is 1. The van der Waals surface area contributed by atoms with Gasteiger partial charge in [-0.25, -0.2) is 8.42 Å². The summed E-state index contributed by atoms with van der Waals surface area (Å²) in [5.41, 5.74) is 0.671. The molecule has 0 saturated carbocycles. The zero-order valence-electron chi connectivity index (χ0n) is 18.5. The summed E-state index contributed by atoms with van der Waals surface area (Å²) >= 11 is 0. The fourth-order valence-electron chi connectivity index (χ4n) is 3.42. The highest BCUT2D eigenvalue weighted by atomic mass is 32.2. The summed E-state index contributed by atoms with van der Waals surface area (Å²) in [7, 11) is -2.09. The number of morpholine rings is 1. The van der Waals surface area contributed by atoms with Crippen LogP contribution in [0.5, 0.6) is 11.5 Å². The average molecular weight is 463 g/mol. The van der Waals surface area contributed by atoms with Crippen molar-refractivity contribution in [1.29, 1.82) is 0 Å². The quantitative estimate of drug-likeness (QED) is 0.582. The van der Waals surface area contributed by atoms with Crippen LogP contribution in [0, 0.1) is 0 Å². The van der Waals surface area contributed by atoms with Crippen LogP contribution < -0.4 is 14.8 Å². The molecule has 174 valence electrons. The summed E-state index contributed by atoms with van der Waals surface area (Å²) < 4.78 is 43.6. The Morgan fingerprint density at radius 1 is 1.16 bits per heavy atom. The van der Waals surface area contributed by atoms with Crippen molar-refractivity contribution < 1.29 is 27.4 Å². The van der Waals surface area contributed by atoms with Gasteiger partial charge in [-0.2, -0.15) is 4.31 Å². The molecule has 2 aromatic rings. The number of carbonyl (C=O) groups excluding carboxylic acids is 1. The van der Waals surface area contributed by atoms with E-state index in [4.69, 9.17) is 14.2 Å². The Kier molecular flexibility index (Phi) is 8.49. The smallest absolute Gasteiger partial charge is 0.243 e. The van der Waals surface area contributed by atoms with E-state index in [1.165, 1.54) is 17.5 Å². The lowest BCUT2D eigenvalue weighted by atomic mass is 10.1. The van der Waals surface area contributed by atoms with Crippen LogP contribution in [0.1, 0.15) is 18.9 Å². The summed E-state index contributed by atoms with van der Waals surface area (Å²) in [6, 6.07) is 14.0. The van der Waals surface area contributed by atoms with Crippen molar-refractivity contribution in [2.24, 2.45) is 0 Å². The number of rotatable bonds is 10. The molecule has 1 N–H and O–H groups in total. The second-order valence-electron chi connectivity index (χ2n) is 7.58. The van der Waals surface area contributed by atoms with E-state index in [0.717, 1.165) is 5.75 Å². The van der Waals surface area contributed by atoms with E-state index < -0.39 is 10.0 Å². The van der Waals surface area contributed by atoms with Crippen LogP contribution in [0.15, 0.2) is 53.4 Å². The third-order valence-electron chi connectivity index (χ3n) is 5.13. The first kappa shape index (κ1) is 24.0. The number of hydrogen-bond donors (Lipinski definition) is 1. The number of aryl methyl sites for hydroxylation is 1. The fraction of sp³-hybridized carbons (Fsp3) is 0.435. The molecule has 0 aliphatic carbocycles. The first-order valence-corrected chi connectivity index (χ1v) is 12.1. The van der Waals surface area contributed by atoms with Crippen molar-refractivity contribution >= 4 is 15.9 Å². The predicted octanol–water partition coefficient (Wildman–Crippen LogP) is 2.23. The molecular formula is C23H30N2O6S. The number of carbonyl (C=O) groups is 1. The third kappa shape index (κ3) is 6.44. The minimum atomic E-state index is -3.62. The van der Waals surface area contributed by atoms with Gasteiger partial charge < -0.3 is 19.5 Å². The molecule has 2 aromatic carbocycles. The van der Waals surface area contributed by atoms with Crippen LogP contribution >= 0.6 is 0 Å². The molecule has 3 rings (SSSR count).